The molecule has 0 saturated carbocycles. The van der Waals surface area contributed by atoms with Crippen molar-refractivity contribution in [1.29, 1.82) is 0 Å². The molecule has 0 bridgehead atoms. The first-order valence-electron chi connectivity index (χ1n) is 4.84. The molecular weight excluding hydrogens is 222 g/mol. The Labute approximate surface area is 98.7 Å². The maximum atomic E-state index is 9.00. The third kappa shape index (κ3) is 8.68. The van der Waals surface area contributed by atoms with Crippen LogP contribution in [0.3, 0.4) is 0 Å². The predicted molar refractivity (Wildman–Crippen MR) is 64.9 cm³/mol. The largest absolute Gasteiger partial charge is 0.481 e. The van der Waals surface area contributed by atoms with Gasteiger partial charge < -0.3 is 15.2 Å². The van der Waals surface area contributed by atoms with Gasteiger partial charge in [0.2, 0.25) is 0 Å². The quantitative estimate of drug-likeness (QED) is 0.656. The van der Waals surface area contributed by atoms with Crippen LogP contribution in [0.1, 0.15) is 13.8 Å². The van der Waals surface area contributed by atoms with E-state index in [9.17, 15) is 0 Å². The summed E-state index contributed by atoms with van der Waals surface area (Å²) >= 11 is 0. The lowest BCUT2D eigenvalue weighted by molar-refractivity contribution is -0.135. The van der Waals surface area contributed by atoms with Gasteiger partial charge >= 0.3 is 0 Å². The van der Waals surface area contributed by atoms with E-state index in [1.807, 2.05) is 18.3 Å². The van der Waals surface area contributed by atoms with Crippen molar-refractivity contribution in [3.8, 4) is 0 Å². The number of para-hydroxylation sites is 1. The van der Waals surface area contributed by atoms with Crippen LogP contribution in [0.25, 0.3) is 10.9 Å². The Kier molecular flexibility index (Phi) is 6.85. The lowest BCUT2D eigenvalue weighted by Gasteiger charge is -1.83. The minimum atomic E-state index is -0.833. The maximum Gasteiger partial charge on any atom is 0.300 e. The molecule has 2 aromatic rings. The van der Waals surface area contributed by atoms with Crippen LogP contribution in [0, 0.1) is 0 Å². The maximum absolute atomic E-state index is 9.00. The van der Waals surface area contributed by atoms with Gasteiger partial charge in [-0.3, -0.25) is 9.59 Å². The van der Waals surface area contributed by atoms with E-state index in [0.29, 0.717) is 0 Å². The van der Waals surface area contributed by atoms with Crippen LogP contribution in [-0.4, -0.2) is 27.1 Å². The molecule has 0 aliphatic heterocycles. The SMILES string of the molecule is CC(=O)O.CC(=O)O.c1ccc2[nH]ccc2c1. The van der Waals surface area contributed by atoms with Crippen LogP contribution in [-0.2, 0) is 9.59 Å². The lowest BCUT2D eigenvalue weighted by atomic mass is 10.3. The van der Waals surface area contributed by atoms with Crippen molar-refractivity contribution in [2.45, 2.75) is 13.8 Å². The fourth-order valence-corrected chi connectivity index (χ4v) is 0.995. The summed E-state index contributed by atoms with van der Waals surface area (Å²) in [5.41, 5.74) is 1.21. The summed E-state index contributed by atoms with van der Waals surface area (Å²) in [5, 5.41) is 16.1. The molecule has 3 N–H and O–H groups in total. The molecule has 0 amide bonds. The van der Waals surface area contributed by atoms with Crippen LogP contribution in [0.2, 0.25) is 0 Å². The summed E-state index contributed by atoms with van der Waals surface area (Å²) in [6.45, 7) is 2.17. The number of fused-ring (bicyclic) bond motifs is 1. The monoisotopic (exact) mass is 237 g/mol. The number of hydrogen-bond donors (Lipinski definition) is 3. The first-order chi connectivity index (χ1) is 7.93. The molecule has 1 aromatic carbocycles. The number of aliphatic carboxylic acids is 2. The van der Waals surface area contributed by atoms with Crippen molar-refractivity contribution >= 4 is 22.8 Å². The second kappa shape index (κ2) is 7.92. The average Bonchev–Trinajstić information content (AvgIpc) is 2.62. The molecule has 0 unspecified atom stereocenters. The number of hydrogen-bond acceptors (Lipinski definition) is 2. The van der Waals surface area contributed by atoms with Gasteiger partial charge in [0.1, 0.15) is 0 Å². The minimum Gasteiger partial charge on any atom is -0.481 e. The van der Waals surface area contributed by atoms with E-state index in [1.165, 1.54) is 10.9 Å². The molecule has 0 saturated heterocycles. The molecule has 0 atom stereocenters. The molecule has 1 aromatic heterocycles. The van der Waals surface area contributed by atoms with Crippen molar-refractivity contribution < 1.29 is 19.8 Å². The standard InChI is InChI=1S/C8H7N.2C2H4O2/c1-2-4-8-7(3-1)5-6-9-8;2*1-2(3)4/h1-6,9H;2*1H3,(H,3,4). The van der Waals surface area contributed by atoms with E-state index in [2.05, 4.69) is 23.2 Å². The predicted octanol–water partition coefficient (Wildman–Crippen LogP) is 2.35. The molecule has 17 heavy (non-hydrogen) atoms. The highest BCUT2D eigenvalue weighted by atomic mass is 16.4. The highest BCUT2D eigenvalue weighted by molar-refractivity contribution is 5.78. The third-order valence-electron chi connectivity index (χ3n) is 1.46. The summed E-state index contributed by atoms with van der Waals surface area (Å²) in [7, 11) is 0. The fourth-order valence-electron chi connectivity index (χ4n) is 0.995. The van der Waals surface area contributed by atoms with Crippen molar-refractivity contribution in [2.75, 3.05) is 0 Å². The zero-order valence-electron chi connectivity index (χ0n) is 9.68. The fraction of sp³-hybridized carbons (Fsp3) is 0.167. The van der Waals surface area contributed by atoms with Gasteiger partial charge in [-0.05, 0) is 17.5 Å². The number of carboxylic acid groups (broad SMARTS) is 2. The van der Waals surface area contributed by atoms with E-state index in [4.69, 9.17) is 19.8 Å². The van der Waals surface area contributed by atoms with Crippen LogP contribution >= 0.6 is 0 Å². The Balaban J connectivity index is 0.000000274. The summed E-state index contributed by atoms with van der Waals surface area (Å²) < 4.78 is 0. The molecule has 1 heterocycles. The topological polar surface area (TPSA) is 90.4 Å². The van der Waals surface area contributed by atoms with Crippen molar-refractivity contribution in [3.05, 3.63) is 36.5 Å². The molecule has 2 rings (SSSR count). The van der Waals surface area contributed by atoms with Gasteiger partial charge in [0.25, 0.3) is 11.9 Å². The Hall–Kier alpha value is -2.30. The van der Waals surface area contributed by atoms with E-state index in [-0.39, 0.29) is 0 Å². The van der Waals surface area contributed by atoms with E-state index < -0.39 is 11.9 Å². The zero-order valence-corrected chi connectivity index (χ0v) is 9.68. The average molecular weight is 237 g/mol. The minimum absolute atomic E-state index is 0.833. The second-order valence-corrected chi connectivity index (χ2v) is 3.10. The Morgan fingerprint density at radius 2 is 1.47 bits per heavy atom. The highest BCUT2D eigenvalue weighted by Gasteiger charge is 1.86. The van der Waals surface area contributed by atoms with Gasteiger partial charge in [0.05, 0.1) is 0 Å². The van der Waals surface area contributed by atoms with Crippen molar-refractivity contribution in [1.82, 2.24) is 4.98 Å². The normalized spacial score (nSPS) is 8.35. The molecule has 0 aliphatic carbocycles. The lowest BCUT2D eigenvalue weighted by Crippen LogP contribution is -1.78. The summed E-state index contributed by atoms with van der Waals surface area (Å²) in [5.74, 6) is -1.67. The molecule has 0 fully saturated rings. The zero-order chi connectivity index (χ0) is 13.3. The van der Waals surface area contributed by atoms with Crippen molar-refractivity contribution in [2.24, 2.45) is 0 Å². The summed E-state index contributed by atoms with van der Waals surface area (Å²) in [6.07, 6.45) is 1.95. The summed E-state index contributed by atoms with van der Waals surface area (Å²) in [4.78, 5) is 21.1. The summed E-state index contributed by atoms with van der Waals surface area (Å²) in [6, 6.07) is 10.3. The molecule has 92 valence electrons. The van der Waals surface area contributed by atoms with Gasteiger partial charge in [0, 0.05) is 25.6 Å². The second-order valence-electron chi connectivity index (χ2n) is 3.10. The Bertz CT molecular complexity index is 426. The van der Waals surface area contributed by atoms with Crippen LogP contribution in [0.15, 0.2) is 36.5 Å². The number of benzene rings is 1. The van der Waals surface area contributed by atoms with Crippen molar-refractivity contribution in [3.63, 3.8) is 0 Å². The van der Waals surface area contributed by atoms with Gasteiger partial charge in [-0.15, -0.1) is 0 Å². The van der Waals surface area contributed by atoms with Gasteiger partial charge in [-0.1, -0.05) is 18.2 Å². The van der Waals surface area contributed by atoms with E-state index in [1.54, 1.807) is 0 Å². The molecule has 5 nitrogen and oxygen atoms in total. The number of aromatic amines is 1. The van der Waals surface area contributed by atoms with Crippen LogP contribution < -0.4 is 0 Å². The number of aromatic nitrogens is 1. The van der Waals surface area contributed by atoms with Crippen LogP contribution in [0.5, 0.6) is 0 Å². The smallest absolute Gasteiger partial charge is 0.300 e. The first-order valence-corrected chi connectivity index (χ1v) is 4.84. The van der Waals surface area contributed by atoms with E-state index in [0.717, 1.165) is 13.8 Å². The number of rotatable bonds is 0. The molecular formula is C12H15NO4. The number of carbonyl (C=O) groups is 2. The molecule has 5 heteroatoms. The third-order valence-corrected chi connectivity index (χ3v) is 1.46. The van der Waals surface area contributed by atoms with Gasteiger partial charge in [-0.2, -0.15) is 0 Å². The number of carboxylic acids is 2. The number of H-pyrrole nitrogens is 1. The molecule has 0 aliphatic rings. The first kappa shape index (κ1) is 14.7. The Morgan fingerprint density at radius 3 is 1.94 bits per heavy atom. The highest BCUT2D eigenvalue weighted by Crippen LogP contribution is 2.09. The molecule has 0 spiro atoms. The molecule has 0 radical (unpaired) electrons. The number of nitrogens with one attached hydrogen (secondary N) is 1. The van der Waals surface area contributed by atoms with E-state index >= 15 is 0 Å². The van der Waals surface area contributed by atoms with Gasteiger partial charge in [0.15, 0.2) is 0 Å². The Morgan fingerprint density at radius 1 is 1.00 bits per heavy atom. The van der Waals surface area contributed by atoms with Crippen LogP contribution in [0.4, 0.5) is 0 Å². The van der Waals surface area contributed by atoms with Gasteiger partial charge in [-0.25, -0.2) is 0 Å².